The average Bonchev–Trinajstić information content (AvgIpc) is 3.15. The molecule has 6 heteroatoms. The fourth-order valence-electron chi connectivity index (χ4n) is 3.38. The third kappa shape index (κ3) is 2.85. The van der Waals surface area contributed by atoms with E-state index < -0.39 is 5.97 Å². The van der Waals surface area contributed by atoms with Crippen LogP contribution in [0, 0.1) is 5.92 Å². The van der Waals surface area contributed by atoms with Gasteiger partial charge in [-0.25, -0.2) is 14.8 Å². The molecule has 2 fully saturated rings. The van der Waals surface area contributed by atoms with Crippen molar-refractivity contribution in [1.29, 1.82) is 0 Å². The average molecular weight is 290 g/mol. The summed E-state index contributed by atoms with van der Waals surface area (Å²) in [4.78, 5) is 24.8. The lowest BCUT2D eigenvalue weighted by Crippen LogP contribution is -2.38. The van der Waals surface area contributed by atoms with E-state index in [1.807, 2.05) is 0 Å². The number of carbonyl (C=O) groups is 1. The van der Waals surface area contributed by atoms with Crippen LogP contribution < -0.4 is 4.90 Å². The van der Waals surface area contributed by atoms with Crippen LogP contribution in [0.2, 0.25) is 0 Å². The maximum atomic E-state index is 11.4. The Kier molecular flexibility index (Phi) is 4.05. The van der Waals surface area contributed by atoms with Crippen LogP contribution in [0.15, 0.2) is 12.4 Å². The van der Waals surface area contributed by atoms with E-state index in [0.29, 0.717) is 12.0 Å². The lowest BCUT2D eigenvalue weighted by atomic mass is 10.1. The molecule has 21 heavy (non-hydrogen) atoms. The highest BCUT2D eigenvalue weighted by atomic mass is 16.5. The molecule has 0 bridgehead atoms. The third-order valence-electron chi connectivity index (χ3n) is 4.54. The lowest BCUT2D eigenvalue weighted by Gasteiger charge is -2.26. The predicted molar refractivity (Wildman–Crippen MR) is 79.3 cm³/mol. The summed E-state index contributed by atoms with van der Waals surface area (Å²) in [5.74, 6) is 1.03. The summed E-state index contributed by atoms with van der Waals surface area (Å²) in [7, 11) is 1.35. The number of methoxy groups -OCH3 is 1. The number of rotatable bonds is 3. The van der Waals surface area contributed by atoms with Gasteiger partial charge in [-0.2, -0.15) is 0 Å². The number of nitrogens with zero attached hydrogens (tertiary/aromatic N) is 4. The van der Waals surface area contributed by atoms with E-state index in [1.165, 1.54) is 39.2 Å². The van der Waals surface area contributed by atoms with E-state index in [-0.39, 0.29) is 5.69 Å². The Morgan fingerprint density at radius 1 is 1.24 bits per heavy atom. The first-order valence-electron chi connectivity index (χ1n) is 7.58. The Morgan fingerprint density at radius 2 is 2.00 bits per heavy atom. The van der Waals surface area contributed by atoms with Crippen LogP contribution in [0.1, 0.15) is 30.3 Å². The van der Waals surface area contributed by atoms with Crippen molar-refractivity contribution in [3.8, 4) is 0 Å². The smallest absolute Gasteiger partial charge is 0.358 e. The van der Waals surface area contributed by atoms with E-state index in [2.05, 4.69) is 31.4 Å². The van der Waals surface area contributed by atoms with Crippen molar-refractivity contribution in [3.63, 3.8) is 0 Å². The van der Waals surface area contributed by atoms with Gasteiger partial charge in [-0.05, 0) is 31.8 Å². The van der Waals surface area contributed by atoms with Gasteiger partial charge in [-0.3, -0.25) is 4.90 Å². The Labute approximate surface area is 125 Å². The molecule has 1 aromatic rings. The third-order valence-corrected chi connectivity index (χ3v) is 4.54. The molecule has 2 atom stereocenters. The molecule has 1 aromatic heterocycles. The SMILES string of the molecule is COC(=O)c1cnc(N2CC(C)C(N3CCCC3)C2)cn1. The summed E-state index contributed by atoms with van der Waals surface area (Å²) in [6.07, 6.45) is 5.80. The number of likely N-dealkylation sites (tertiary alicyclic amines) is 1. The number of ether oxygens (including phenoxy) is 1. The molecule has 2 unspecified atom stereocenters. The topological polar surface area (TPSA) is 58.6 Å². The summed E-state index contributed by atoms with van der Waals surface area (Å²) in [6, 6.07) is 0.606. The molecular formula is C15H22N4O2. The van der Waals surface area contributed by atoms with Crippen LogP contribution in [-0.4, -0.2) is 60.2 Å². The van der Waals surface area contributed by atoms with E-state index in [0.717, 1.165) is 18.9 Å². The van der Waals surface area contributed by atoms with Gasteiger partial charge < -0.3 is 9.64 Å². The van der Waals surface area contributed by atoms with Crippen molar-refractivity contribution < 1.29 is 9.53 Å². The van der Waals surface area contributed by atoms with Crippen LogP contribution in [-0.2, 0) is 4.74 Å². The highest BCUT2D eigenvalue weighted by Gasteiger charge is 2.35. The quantitative estimate of drug-likeness (QED) is 0.779. The Hall–Kier alpha value is -1.69. The molecule has 0 amide bonds. The minimum absolute atomic E-state index is 0.254. The minimum atomic E-state index is -0.446. The van der Waals surface area contributed by atoms with Crippen molar-refractivity contribution in [2.45, 2.75) is 25.8 Å². The zero-order valence-electron chi connectivity index (χ0n) is 12.7. The summed E-state index contributed by atoms with van der Waals surface area (Å²) >= 11 is 0. The molecule has 0 spiro atoms. The van der Waals surface area contributed by atoms with Crippen LogP contribution in [0.25, 0.3) is 0 Å². The molecule has 6 nitrogen and oxygen atoms in total. The molecule has 0 radical (unpaired) electrons. The van der Waals surface area contributed by atoms with Gasteiger partial charge in [-0.1, -0.05) is 6.92 Å². The first-order chi connectivity index (χ1) is 10.2. The summed E-state index contributed by atoms with van der Waals surface area (Å²) in [5, 5.41) is 0. The van der Waals surface area contributed by atoms with Gasteiger partial charge in [0, 0.05) is 19.1 Å². The van der Waals surface area contributed by atoms with E-state index in [9.17, 15) is 4.79 Å². The van der Waals surface area contributed by atoms with Crippen LogP contribution >= 0.6 is 0 Å². The summed E-state index contributed by atoms with van der Waals surface area (Å²) in [5.41, 5.74) is 0.254. The molecule has 114 valence electrons. The Balaban J connectivity index is 1.68. The second kappa shape index (κ2) is 5.97. The normalized spacial score (nSPS) is 26.3. The second-order valence-corrected chi connectivity index (χ2v) is 5.94. The first-order valence-corrected chi connectivity index (χ1v) is 7.58. The standard InChI is InChI=1S/C15H22N4O2/c1-11-9-19(10-13(11)18-5-3-4-6-18)14-8-16-12(7-17-14)15(20)21-2/h7-8,11,13H,3-6,9-10H2,1-2H3. The van der Waals surface area contributed by atoms with Gasteiger partial charge in [0.1, 0.15) is 5.82 Å². The number of anilines is 1. The molecule has 2 aliphatic heterocycles. The number of esters is 1. The monoisotopic (exact) mass is 290 g/mol. The van der Waals surface area contributed by atoms with Crippen molar-refractivity contribution >= 4 is 11.8 Å². The van der Waals surface area contributed by atoms with Gasteiger partial charge in [-0.15, -0.1) is 0 Å². The molecule has 3 heterocycles. The number of carbonyl (C=O) groups excluding carboxylic acids is 1. The highest BCUT2D eigenvalue weighted by Crippen LogP contribution is 2.27. The zero-order valence-corrected chi connectivity index (χ0v) is 12.7. The fraction of sp³-hybridized carbons (Fsp3) is 0.667. The molecule has 2 aliphatic rings. The molecule has 0 N–H and O–H groups in total. The first kappa shape index (κ1) is 14.3. The van der Waals surface area contributed by atoms with Crippen LogP contribution in [0.4, 0.5) is 5.82 Å². The fourth-order valence-corrected chi connectivity index (χ4v) is 3.38. The maximum Gasteiger partial charge on any atom is 0.358 e. The Bertz CT molecular complexity index is 499. The largest absolute Gasteiger partial charge is 0.464 e. The van der Waals surface area contributed by atoms with Gasteiger partial charge in [0.25, 0.3) is 0 Å². The molecule has 0 aromatic carbocycles. The molecule has 2 saturated heterocycles. The molecular weight excluding hydrogens is 268 g/mol. The highest BCUT2D eigenvalue weighted by molar-refractivity contribution is 5.86. The number of hydrogen-bond donors (Lipinski definition) is 0. The summed E-state index contributed by atoms with van der Waals surface area (Å²) in [6.45, 7) is 6.73. The van der Waals surface area contributed by atoms with Gasteiger partial charge in [0.05, 0.1) is 19.5 Å². The van der Waals surface area contributed by atoms with Gasteiger partial charge in [0.2, 0.25) is 0 Å². The van der Waals surface area contributed by atoms with Crippen LogP contribution in [0.5, 0.6) is 0 Å². The number of hydrogen-bond acceptors (Lipinski definition) is 6. The Morgan fingerprint density at radius 3 is 2.62 bits per heavy atom. The van der Waals surface area contributed by atoms with Crippen molar-refractivity contribution in [2.75, 3.05) is 38.2 Å². The maximum absolute atomic E-state index is 11.4. The lowest BCUT2D eigenvalue weighted by molar-refractivity contribution is 0.0593. The van der Waals surface area contributed by atoms with E-state index >= 15 is 0 Å². The molecule has 0 aliphatic carbocycles. The van der Waals surface area contributed by atoms with Crippen LogP contribution in [0.3, 0.4) is 0 Å². The molecule has 3 rings (SSSR count). The predicted octanol–water partition coefficient (Wildman–Crippen LogP) is 1.18. The molecule has 0 saturated carbocycles. The minimum Gasteiger partial charge on any atom is -0.464 e. The van der Waals surface area contributed by atoms with Crippen molar-refractivity contribution in [2.24, 2.45) is 5.92 Å². The van der Waals surface area contributed by atoms with Crippen molar-refractivity contribution in [3.05, 3.63) is 18.1 Å². The summed E-state index contributed by atoms with van der Waals surface area (Å²) < 4.78 is 4.64. The van der Waals surface area contributed by atoms with Gasteiger partial charge >= 0.3 is 5.97 Å². The van der Waals surface area contributed by atoms with E-state index in [1.54, 1.807) is 6.20 Å². The van der Waals surface area contributed by atoms with Gasteiger partial charge in [0.15, 0.2) is 5.69 Å². The second-order valence-electron chi connectivity index (χ2n) is 5.94. The van der Waals surface area contributed by atoms with E-state index in [4.69, 9.17) is 0 Å². The zero-order chi connectivity index (χ0) is 14.8. The number of aromatic nitrogens is 2. The van der Waals surface area contributed by atoms with Crippen molar-refractivity contribution in [1.82, 2.24) is 14.9 Å².